The number of hydrogen-bond acceptors (Lipinski definition) is 3. The van der Waals surface area contributed by atoms with E-state index < -0.39 is 5.97 Å². The van der Waals surface area contributed by atoms with E-state index in [1.807, 2.05) is 36.4 Å². The lowest BCUT2D eigenvalue weighted by molar-refractivity contribution is -0.136. The Morgan fingerprint density at radius 3 is 2.40 bits per heavy atom. The highest BCUT2D eigenvalue weighted by molar-refractivity contribution is 6.34. The van der Waals surface area contributed by atoms with Crippen molar-refractivity contribution < 1.29 is 9.90 Å². The Bertz CT molecular complexity index is 1200. The van der Waals surface area contributed by atoms with Crippen LogP contribution in [-0.4, -0.2) is 21.9 Å². The van der Waals surface area contributed by atoms with Crippen LogP contribution < -0.4 is 5.43 Å². The van der Waals surface area contributed by atoms with E-state index >= 15 is 0 Å². The van der Waals surface area contributed by atoms with Crippen molar-refractivity contribution in [1.29, 1.82) is 0 Å². The van der Waals surface area contributed by atoms with Crippen molar-refractivity contribution in [2.24, 2.45) is 5.10 Å². The number of hydrazone groups is 1. The lowest BCUT2D eigenvalue weighted by Gasteiger charge is -2.07. The van der Waals surface area contributed by atoms with E-state index in [0.29, 0.717) is 11.7 Å². The van der Waals surface area contributed by atoms with Gasteiger partial charge in [0.2, 0.25) is 0 Å². The molecule has 6 heteroatoms. The van der Waals surface area contributed by atoms with Crippen LogP contribution in [0.3, 0.4) is 0 Å². The normalized spacial score (nSPS) is 11.2. The van der Waals surface area contributed by atoms with Crippen LogP contribution in [0.25, 0.3) is 10.9 Å². The van der Waals surface area contributed by atoms with Crippen LogP contribution in [-0.2, 0) is 17.8 Å². The quantitative estimate of drug-likeness (QED) is 0.312. The van der Waals surface area contributed by atoms with E-state index in [2.05, 4.69) is 33.3 Å². The maximum Gasteiger partial charge on any atom is 0.307 e. The second-order valence-electron chi connectivity index (χ2n) is 6.93. The summed E-state index contributed by atoms with van der Waals surface area (Å²) >= 11 is 6.74. The third-order valence-corrected chi connectivity index (χ3v) is 5.23. The van der Waals surface area contributed by atoms with Gasteiger partial charge in [0.1, 0.15) is 5.15 Å². The van der Waals surface area contributed by atoms with E-state index in [1.54, 1.807) is 30.5 Å². The number of anilines is 1. The fourth-order valence-corrected chi connectivity index (χ4v) is 3.69. The number of fused-ring (bicyclic) bond motifs is 1. The average Bonchev–Trinajstić information content (AvgIpc) is 3.01. The number of halogens is 1. The van der Waals surface area contributed by atoms with Gasteiger partial charge in [-0.25, -0.2) is 0 Å². The van der Waals surface area contributed by atoms with E-state index in [4.69, 9.17) is 16.7 Å². The molecule has 3 aromatic carbocycles. The number of benzene rings is 3. The number of carbonyl (C=O) groups is 1. The molecule has 0 fully saturated rings. The Morgan fingerprint density at radius 2 is 1.67 bits per heavy atom. The Morgan fingerprint density at radius 1 is 0.967 bits per heavy atom. The summed E-state index contributed by atoms with van der Waals surface area (Å²) in [6.07, 6.45) is 1.72. The summed E-state index contributed by atoms with van der Waals surface area (Å²) < 4.78 is 2.08. The first-order chi connectivity index (χ1) is 14.6. The molecule has 0 radical (unpaired) electrons. The van der Waals surface area contributed by atoms with Crippen LogP contribution >= 0.6 is 11.6 Å². The van der Waals surface area contributed by atoms with Crippen molar-refractivity contribution in [3.8, 4) is 0 Å². The molecule has 0 atom stereocenters. The van der Waals surface area contributed by atoms with Crippen LogP contribution in [0, 0.1) is 0 Å². The van der Waals surface area contributed by atoms with Crippen LogP contribution in [0.1, 0.15) is 16.7 Å². The van der Waals surface area contributed by atoms with Crippen molar-refractivity contribution in [2.45, 2.75) is 13.0 Å². The van der Waals surface area contributed by atoms with Gasteiger partial charge in [-0.3, -0.25) is 10.2 Å². The minimum atomic E-state index is -0.852. The van der Waals surface area contributed by atoms with Gasteiger partial charge in [0.25, 0.3) is 0 Å². The highest BCUT2D eigenvalue weighted by Gasteiger charge is 2.14. The largest absolute Gasteiger partial charge is 0.481 e. The molecule has 1 aromatic heterocycles. The molecule has 0 saturated heterocycles. The Kier molecular flexibility index (Phi) is 5.82. The molecule has 1 heterocycles. The van der Waals surface area contributed by atoms with E-state index in [-0.39, 0.29) is 6.42 Å². The molecule has 150 valence electrons. The monoisotopic (exact) mass is 417 g/mol. The molecule has 0 amide bonds. The maximum atomic E-state index is 10.8. The molecule has 4 rings (SSSR count). The summed E-state index contributed by atoms with van der Waals surface area (Å²) in [6.45, 7) is 0.673. The van der Waals surface area contributed by atoms with Crippen molar-refractivity contribution in [3.63, 3.8) is 0 Å². The standard InChI is InChI=1S/C24H20ClN3O2/c25-24-21(15-26-27-19-12-10-17(11-13-19)14-23(29)30)20-8-4-5-9-22(20)28(24)16-18-6-2-1-3-7-18/h1-13,15,27H,14,16H2,(H,29,30). The van der Waals surface area contributed by atoms with Gasteiger partial charge >= 0.3 is 5.97 Å². The van der Waals surface area contributed by atoms with Crippen molar-refractivity contribution in [3.05, 3.63) is 101 Å². The number of hydrogen-bond donors (Lipinski definition) is 2. The van der Waals surface area contributed by atoms with Crippen molar-refractivity contribution in [2.75, 3.05) is 5.43 Å². The lowest BCUT2D eigenvalue weighted by Crippen LogP contribution is -2.00. The number of para-hydroxylation sites is 1. The van der Waals surface area contributed by atoms with Gasteiger partial charge in [-0.2, -0.15) is 5.10 Å². The predicted molar refractivity (Wildman–Crippen MR) is 121 cm³/mol. The van der Waals surface area contributed by atoms with Gasteiger partial charge in [-0.1, -0.05) is 72.3 Å². The van der Waals surface area contributed by atoms with Crippen LogP contribution in [0.4, 0.5) is 5.69 Å². The lowest BCUT2D eigenvalue weighted by atomic mass is 10.1. The molecular weight excluding hydrogens is 398 g/mol. The topological polar surface area (TPSA) is 66.6 Å². The van der Waals surface area contributed by atoms with Crippen LogP contribution in [0.2, 0.25) is 5.15 Å². The van der Waals surface area contributed by atoms with Gasteiger partial charge in [0.05, 0.1) is 23.8 Å². The van der Waals surface area contributed by atoms with Crippen molar-refractivity contribution >= 4 is 40.4 Å². The molecule has 0 aliphatic carbocycles. The van der Waals surface area contributed by atoms with Crippen LogP contribution in [0.15, 0.2) is 84.0 Å². The Labute approximate surface area is 179 Å². The summed E-state index contributed by atoms with van der Waals surface area (Å²) in [4.78, 5) is 10.8. The minimum Gasteiger partial charge on any atom is -0.481 e. The molecule has 0 aliphatic rings. The van der Waals surface area contributed by atoms with Gasteiger partial charge in [-0.15, -0.1) is 0 Å². The number of nitrogens with zero attached hydrogens (tertiary/aromatic N) is 2. The number of rotatable bonds is 7. The maximum absolute atomic E-state index is 10.8. The van der Waals surface area contributed by atoms with Gasteiger partial charge in [0.15, 0.2) is 0 Å². The van der Waals surface area contributed by atoms with Crippen LogP contribution in [0.5, 0.6) is 0 Å². The van der Waals surface area contributed by atoms with E-state index in [1.165, 1.54) is 5.56 Å². The summed E-state index contributed by atoms with van der Waals surface area (Å²) in [7, 11) is 0. The van der Waals surface area contributed by atoms with Crippen molar-refractivity contribution in [1.82, 2.24) is 4.57 Å². The molecule has 0 saturated carbocycles. The molecule has 0 unspecified atom stereocenters. The highest BCUT2D eigenvalue weighted by atomic mass is 35.5. The summed E-state index contributed by atoms with van der Waals surface area (Å²) in [5, 5.41) is 14.9. The minimum absolute atomic E-state index is 0.0000742. The van der Waals surface area contributed by atoms with Gasteiger partial charge in [-0.05, 0) is 29.3 Å². The summed E-state index contributed by atoms with van der Waals surface area (Å²) in [6, 6.07) is 25.4. The number of aromatic nitrogens is 1. The Hall–Kier alpha value is -3.57. The molecule has 0 bridgehead atoms. The molecule has 4 aromatic rings. The third kappa shape index (κ3) is 4.36. The number of nitrogens with one attached hydrogen (secondary N) is 1. The Balaban J connectivity index is 1.58. The first-order valence-corrected chi connectivity index (χ1v) is 9.90. The van der Waals surface area contributed by atoms with E-state index in [9.17, 15) is 4.79 Å². The first kappa shape index (κ1) is 19.7. The third-order valence-electron chi connectivity index (χ3n) is 4.82. The number of carboxylic acid groups (broad SMARTS) is 1. The molecule has 0 aliphatic heterocycles. The average molecular weight is 418 g/mol. The highest BCUT2D eigenvalue weighted by Crippen LogP contribution is 2.29. The predicted octanol–water partition coefficient (Wildman–Crippen LogP) is 5.42. The zero-order valence-electron chi connectivity index (χ0n) is 16.1. The molecule has 30 heavy (non-hydrogen) atoms. The summed E-state index contributed by atoms with van der Waals surface area (Å²) in [5.74, 6) is -0.852. The zero-order valence-corrected chi connectivity index (χ0v) is 16.9. The fourth-order valence-electron chi connectivity index (χ4n) is 3.39. The fraction of sp³-hybridized carbons (Fsp3) is 0.0833. The molecular formula is C24H20ClN3O2. The first-order valence-electron chi connectivity index (χ1n) is 9.52. The molecule has 5 nitrogen and oxygen atoms in total. The number of carboxylic acids is 1. The SMILES string of the molecule is O=C(O)Cc1ccc(NN=Cc2c(Cl)n(Cc3ccccc3)c3ccccc23)cc1. The summed E-state index contributed by atoms with van der Waals surface area (Å²) in [5.41, 5.74) is 7.55. The number of aliphatic carboxylic acids is 1. The van der Waals surface area contributed by atoms with Gasteiger partial charge < -0.3 is 9.67 Å². The smallest absolute Gasteiger partial charge is 0.307 e. The second kappa shape index (κ2) is 8.84. The van der Waals surface area contributed by atoms with Gasteiger partial charge in [0, 0.05) is 17.5 Å². The second-order valence-corrected chi connectivity index (χ2v) is 7.29. The zero-order chi connectivity index (χ0) is 20.9. The molecule has 2 N–H and O–H groups in total. The van der Waals surface area contributed by atoms with E-state index in [0.717, 1.165) is 27.7 Å². The molecule has 0 spiro atoms.